The van der Waals surface area contributed by atoms with Crippen molar-refractivity contribution in [3.05, 3.63) is 98.1 Å². The van der Waals surface area contributed by atoms with Crippen LogP contribution in [-0.2, 0) is 29.7 Å². The maximum Gasteiger partial charge on any atom is 0.308 e. The van der Waals surface area contributed by atoms with Crippen LogP contribution in [0.1, 0.15) is 36.0 Å². The minimum atomic E-state index is -3.74. The quantitative estimate of drug-likeness (QED) is 0.331. The molecule has 1 aliphatic heterocycles. The van der Waals surface area contributed by atoms with E-state index in [1.807, 2.05) is 24.3 Å². The molecule has 1 aliphatic rings. The number of benzene rings is 3. The molecule has 0 unspecified atom stereocenters. The minimum Gasteiger partial charge on any atom is -0.299 e. The lowest BCUT2D eigenvalue weighted by molar-refractivity contribution is 0.221. The molecule has 0 aliphatic carbocycles. The molecule has 1 fully saturated rings. The molecule has 36 heavy (non-hydrogen) atoms. The number of aromatic nitrogens is 1. The van der Waals surface area contributed by atoms with Crippen LogP contribution in [0.3, 0.4) is 0 Å². The van der Waals surface area contributed by atoms with Gasteiger partial charge in [0.1, 0.15) is 0 Å². The van der Waals surface area contributed by atoms with Gasteiger partial charge in [-0.25, -0.2) is 13.1 Å². The Balaban J connectivity index is 1.29. The van der Waals surface area contributed by atoms with Crippen LogP contribution in [-0.4, -0.2) is 31.0 Å². The van der Waals surface area contributed by atoms with E-state index in [1.54, 1.807) is 34.9 Å². The standard InChI is InChI=1S/C27H28ClN3O3S2/c28-23-9-7-20(8-10-23)19-31-25-12-11-24(16-26(25)35-27(31)32)36(33,34)29-17-21-5-4-6-22(15-21)18-30-13-2-1-3-14-30/h4-12,15-16,29H,1-3,13-14,17-19H2. The molecular formula is C27H28ClN3O3S2. The molecule has 1 aromatic heterocycles. The number of fused-ring (bicyclic) bond motifs is 1. The van der Waals surface area contributed by atoms with Crippen molar-refractivity contribution >= 4 is 43.2 Å². The van der Waals surface area contributed by atoms with E-state index in [2.05, 4.69) is 21.8 Å². The van der Waals surface area contributed by atoms with E-state index in [-0.39, 0.29) is 16.3 Å². The monoisotopic (exact) mass is 541 g/mol. The molecule has 0 amide bonds. The largest absolute Gasteiger partial charge is 0.308 e. The lowest BCUT2D eigenvalue weighted by Gasteiger charge is -2.26. The molecular weight excluding hydrogens is 514 g/mol. The molecule has 2 heterocycles. The second-order valence-electron chi connectivity index (χ2n) is 9.19. The van der Waals surface area contributed by atoms with Crippen LogP contribution in [0.25, 0.3) is 10.2 Å². The summed E-state index contributed by atoms with van der Waals surface area (Å²) in [4.78, 5) is 15.1. The molecule has 0 bridgehead atoms. The first-order chi connectivity index (χ1) is 17.4. The SMILES string of the molecule is O=c1sc2cc(S(=O)(=O)NCc3cccc(CN4CCCCC4)c3)ccc2n1Cc1ccc(Cl)cc1. The number of hydrogen-bond acceptors (Lipinski definition) is 5. The molecule has 0 radical (unpaired) electrons. The lowest BCUT2D eigenvalue weighted by atomic mass is 10.1. The highest BCUT2D eigenvalue weighted by Gasteiger charge is 2.17. The van der Waals surface area contributed by atoms with Crippen molar-refractivity contribution in [3.8, 4) is 0 Å². The molecule has 6 nitrogen and oxygen atoms in total. The Kier molecular flexibility index (Phi) is 7.60. The average molecular weight is 542 g/mol. The zero-order valence-electron chi connectivity index (χ0n) is 19.8. The smallest absolute Gasteiger partial charge is 0.299 e. The summed E-state index contributed by atoms with van der Waals surface area (Å²) in [5.41, 5.74) is 3.78. The molecule has 0 spiro atoms. The van der Waals surface area contributed by atoms with Crippen LogP contribution < -0.4 is 9.60 Å². The molecule has 0 atom stereocenters. The lowest BCUT2D eigenvalue weighted by Crippen LogP contribution is -2.29. The third-order valence-corrected chi connectivity index (χ3v) is 9.11. The van der Waals surface area contributed by atoms with Gasteiger partial charge in [0.25, 0.3) is 0 Å². The number of halogens is 1. The van der Waals surface area contributed by atoms with Crippen LogP contribution >= 0.6 is 22.9 Å². The maximum atomic E-state index is 13.1. The topological polar surface area (TPSA) is 71.4 Å². The van der Waals surface area contributed by atoms with Gasteiger partial charge in [-0.15, -0.1) is 0 Å². The number of thiazole rings is 1. The summed E-state index contributed by atoms with van der Waals surface area (Å²) in [6.07, 6.45) is 3.78. The molecule has 9 heteroatoms. The Bertz CT molecular complexity index is 1520. The van der Waals surface area contributed by atoms with Crippen LogP contribution in [0, 0.1) is 0 Å². The minimum absolute atomic E-state index is 0.132. The third kappa shape index (κ3) is 5.90. The molecule has 1 saturated heterocycles. The maximum absolute atomic E-state index is 13.1. The number of piperidine rings is 1. The average Bonchev–Trinajstić information content (AvgIpc) is 3.19. The fourth-order valence-electron chi connectivity index (χ4n) is 4.61. The highest BCUT2D eigenvalue weighted by Crippen LogP contribution is 2.23. The Morgan fingerprint density at radius 2 is 1.61 bits per heavy atom. The molecule has 1 N–H and O–H groups in total. The molecule has 4 aromatic rings. The zero-order chi connectivity index (χ0) is 25.1. The fourth-order valence-corrected chi connectivity index (χ4v) is 6.79. The van der Waals surface area contributed by atoms with Gasteiger partial charge in [0.05, 0.1) is 21.7 Å². The first-order valence-corrected chi connectivity index (χ1v) is 14.7. The van der Waals surface area contributed by atoms with E-state index in [9.17, 15) is 13.2 Å². The molecule has 188 valence electrons. The van der Waals surface area contributed by atoms with Crippen molar-refractivity contribution in [1.29, 1.82) is 0 Å². The summed E-state index contributed by atoms with van der Waals surface area (Å²) < 4.78 is 31.1. The second kappa shape index (κ2) is 10.9. The van der Waals surface area contributed by atoms with Crippen molar-refractivity contribution in [2.24, 2.45) is 0 Å². The molecule has 0 saturated carbocycles. The summed E-state index contributed by atoms with van der Waals surface area (Å²) in [5.74, 6) is 0. The van der Waals surface area contributed by atoms with Gasteiger partial charge in [-0.2, -0.15) is 0 Å². The first kappa shape index (κ1) is 25.2. The first-order valence-electron chi connectivity index (χ1n) is 12.1. The van der Waals surface area contributed by atoms with Gasteiger partial charge in [-0.05, 0) is 73.0 Å². The predicted molar refractivity (Wildman–Crippen MR) is 146 cm³/mol. The highest BCUT2D eigenvalue weighted by molar-refractivity contribution is 7.89. The van der Waals surface area contributed by atoms with Gasteiger partial charge in [0.15, 0.2) is 0 Å². The normalized spacial score (nSPS) is 14.9. The summed E-state index contributed by atoms with van der Waals surface area (Å²) in [5, 5.41) is 0.636. The van der Waals surface area contributed by atoms with Gasteiger partial charge in [0, 0.05) is 18.1 Å². The summed E-state index contributed by atoms with van der Waals surface area (Å²) in [6.45, 7) is 3.74. The third-order valence-electron chi connectivity index (χ3n) is 6.52. The van der Waals surface area contributed by atoms with Crippen molar-refractivity contribution in [3.63, 3.8) is 0 Å². The van der Waals surface area contributed by atoms with Crippen LogP contribution in [0.5, 0.6) is 0 Å². The van der Waals surface area contributed by atoms with Crippen molar-refractivity contribution in [2.45, 2.75) is 43.8 Å². The van der Waals surface area contributed by atoms with E-state index in [0.717, 1.165) is 42.1 Å². The number of likely N-dealkylation sites (tertiary alicyclic amines) is 1. The van der Waals surface area contributed by atoms with Crippen LogP contribution in [0.15, 0.2) is 76.4 Å². The fraction of sp³-hybridized carbons (Fsp3) is 0.296. The van der Waals surface area contributed by atoms with Crippen LogP contribution in [0.4, 0.5) is 0 Å². The number of rotatable bonds is 8. The van der Waals surface area contributed by atoms with E-state index >= 15 is 0 Å². The summed E-state index contributed by atoms with van der Waals surface area (Å²) in [7, 11) is -3.74. The summed E-state index contributed by atoms with van der Waals surface area (Å²) >= 11 is 7.01. The number of nitrogens with one attached hydrogen (secondary N) is 1. The Hall–Kier alpha value is -2.49. The van der Waals surface area contributed by atoms with E-state index < -0.39 is 10.0 Å². The number of hydrogen-bond donors (Lipinski definition) is 1. The molecule has 5 rings (SSSR count). The predicted octanol–water partition coefficient (Wildman–Crippen LogP) is 5.23. The van der Waals surface area contributed by atoms with Gasteiger partial charge in [0.2, 0.25) is 10.0 Å². The number of nitrogens with zero attached hydrogens (tertiary/aromatic N) is 2. The van der Waals surface area contributed by atoms with Crippen molar-refractivity contribution in [1.82, 2.24) is 14.2 Å². The van der Waals surface area contributed by atoms with E-state index in [4.69, 9.17) is 11.6 Å². The Morgan fingerprint density at radius 1 is 0.861 bits per heavy atom. The Morgan fingerprint density at radius 3 is 2.39 bits per heavy atom. The van der Waals surface area contributed by atoms with Gasteiger partial charge in [-0.3, -0.25) is 14.3 Å². The van der Waals surface area contributed by atoms with Crippen molar-refractivity contribution in [2.75, 3.05) is 13.1 Å². The van der Waals surface area contributed by atoms with Gasteiger partial charge in [-0.1, -0.05) is 65.8 Å². The van der Waals surface area contributed by atoms with Crippen LogP contribution in [0.2, 0.25) is 5.02 Å². The summed E-state index contributed by atoms with van der Waals surface area (Å²) in [6, 6.07) is 20.3. The highest BCUT2D eigenvalue weighted by atomic mass is 35.5. The number of sulfonamides is 1. The molecule has 3 aromatic carbocycles. The zero-order valence-corrected chi connectivity index (χ0v) is 22.2. The second-order valence-corrected chi connectivity index (χ2v) is 12.4. The van der Waals surface area contributed by atoms with Crippen molar-refractivity contribution < 1.29 is 8.42 Å². The van der Waals surface area contributed by atoms with Gasteiger partial charge < -0.3 is 0 Å². The Labute approximate surface area is 220 Å². The van der Waals surface area contributed by atoms with E-state index in [0.29, 0.717) is 21.8 Å². The van der Waals surface area contributed by atoms with Gasteiger partial charge >= 0.3 is 4.87 Å². The van der Waals surface area contributed by atoms with E-state index in [1.165, 1.54) is 24.8 Å².